The Hall–Kier alpha value is -1.71. The molecule has 0 spiro atoms. The molecule has 17 heavy (non-hydrogen) atoms. The molecule has 1 fully saturated rings. The first-order valence-electron chi connectivity index (χ1n) is 6.13. The van der Waals surface area contributed by atoms with Gasteiger partial charge in [0.15, 0.2) is 6.10 Å². The summed E-state index contributed by atoms with van der Waals surface area (Å²) in [6.45, 7) is 0.537. The number of carbonyl (C=O) groups is 1. The highest BCUT2D eigenvalue weighted by atomic mass is 16.5. The van der Waals surface area contributed by atoms with Gasteiger partial charge in [0.1, 0.15) is 5.75 Å². The number of para-hydroxylation sites is 2. The molecule has 1 aliphatic carbocycles. The summed E-state index contributed by atoms with van der Waals surface area (Å²) in [7, 11) is 0. The van der Waals surface area contributed by atoms with E-state index in [0.717, 1.165) is 24.3 Å². The molecule has 1 amide bonds. The summed E-state index contributed by atoms with van der Waals surface area (Å²) in [5.41, 5.74) is 0.959. The average molecular weight is 232 g/mol. The summed E-state index contributed by atoms with van der Waals surface area (Å²) >= 11 is 0. The molecule has 2 aliphatic rings. The first kappa shape index (κ1) is 10.4. The third-order valence-corrected chi connectivity index (χ3v) is 3.38. The molecule has 1 atom stereocenters. The van der Waals surface area contributed by atoms with Gasteiger partial charge in [-0.3, -0.25) is 4.79 Å². The Kier molecular flexibility index (Phi) is 2.63. The fraction of sp³-hybridized carbons (Fsp3) is 0.462. The van der Waals surface area contributed by atoms with Crippen LogP contribution in [0, 0.1) is 0 Å². The fourth-order valence-corrected chi connectivity index (χ4v) is 2.11. The summed E-state index contributed by atoms with van der Waals surface area (Å²) in [5, 5.41) is 6.23. The molecule has 0 radical (unpaired) electrons. The minimum atomic E-state index is -0.412. The summed E-state index contributed by atoms with van der Waals surface area (Å²) in [5.74, 6) is 0.754. The highest BCUT2D eigenvalue weighted by molar-refractivity contribution is 5.83. The predicted octanol–water partition coefficient (Wildman–Crippen LogP) is 1.53. The third kappa shape index (κ3) is 2.07. The van der Waals surface area contributed by atoms with Crippen molar-refractivity contribution in [3.05, 3.63) is 24.3 Å². The summed E-state index contributed by atoms with van der Waals surface area (Å²) in [6, 6.07) is 8.06. The zero-order valence-corrected chi connectivity index (χ0v) is 9.61. The number of benzene rings is 1. The lowest BCUT2D eigenvalue weighted by molar-refractivity contribution is -0.128. The fourth-order valence-electron chi connectivity index (χ4n) is 2.11. The second kappa shape index (κ2) is 4.28. The smallest absolute Gasteiger partial charge is 0.263 e. The minimum Gasteiger partial charge on any atom is -0.477 e. The standard InChI is InChI=1S/C13H16N2O2/c16-13(15-9-4-3-5-9)12-8-14-10-6-1-2-7-11(10)17-12/h1-2,6-7,9,12,14H,3-5,8H2,(H,15,16). The lowest BCUT2D eigenvalue weighted by Crippen LogP contribution is -2.49. The van der Waals surface area contributed by atoms with Gasteiger partial charge < -0.3 is 15.4 Å². The van der Waals surface area contributed by atoms with Gasteiger partial charge in [-0.05, 0) is 31.4 Å². The summed E-state index contributed by atoms with van der Waals surface area (Å²) < 4.78 is 5.69. The van der Waals surface area contributed by atoms with Crippen LogP contribution >= 0.6 is 0 Å². The van der Waals surface area contributed by atoms with Gasteiger partial charge >= 0.3 is 0 Å². The Labute approximate surface area is 100 Å². The van der Waals surface area contributed by atoms with E-state index in [1.54, 1.807) is 0 Å². The topological polar surface area (TPSA) is 50.4 Å². The number of anilines is 1. The van der Waals surface area contributed by atoms with Crippen molar-refractivity contribution in [3.8, 4) is 5.75 Å². The number of ether oxygens (including phenoxy) is 1. The van der Waals surface area contributed by atoms with Gasteiger partial charge in [-0.25, -0.2) is 0 Å². The summed E-state index contributed by atoms with van der Waals surface area (Å²) in [6.07, 6.45) is 3.01. The second-order valence-corrected chi connectivity index (χ2v) is 4.62. The van der Waals surface area contributed by atoms with E-state index in [0.29, 0.717) is 12.6 Å². The van der Waals surface area contributed by atoms with Gasteiger partial charge in [-0.2, -0.15) is 0 Å². The molecule has 0 saturated heterocycles. The van der Waals surface area contributed by atoms with Gasteiger partial charge in [0.25, 0.3) is 5.91 Å². The Morgan fingerprint density at radius 2 is 2.18 bits per heavy atom. The zero-order valence-electron chi connectivity index (χ0n) is 9.61. The van der Waals surface area contributed by atoms with Crippen LogP contribution in [0.4, 0.5) is 5.69 Å². The quantitative estimate of drug-likeness (QED) is 0.813. The molecule has 1 heterocycles. The Morgan fingerprint density at radius 1 is 1.35 bits per heavy atom. The van der Waals surface area contributed by atoms with Crippen molar-refractivity contribution >= 4 is 11.6 Å². The second-order valence-electron chi connectivity index (χ2n) is 4.62. The number of carbonyl (C=O) groups excluding carboxylic acids is 1. The molecule has 0 aromatic heterocycles. The SMILES string of the molecule is O=C(NC1CCC1)C1CNc2ccccc2O1. The molecule has 0 bridgehead atoms. The largest absolute Gasteiger partial charge is 0.477 e. The van der Waals surface area contributed by atoms with Crippen LogP contribution in [-0.2, 0) is 4.79 Å². The molecule has 1 unspecified atom stereocenters. The highest BCUT2D eigenvalue weighted by Gasteiger charge is 2.28. The third-order valence-electron chi connectivity index (χ3n) is 3.38. The maximum Gasteiger partial charge on any atom is 0.263 e. The number of hydrogen-bond donors (Lipinski definition) is 2. The van der Waals surface area contributed by atoms with Crippen LogP contribution in [-0.4, -0.2) is 24.6 Å². The maximum absolute atomic E-state index is 11.9. The lowest BCUT2D eigenvalue weighted by Gasteiger charge is -2.31. The van der Waals surface area contributed by atoms with E-state index in [-0.39, 0.29) is 5.91 Å². The van der Waals surface area contributed by atoms with Crippen LogP contribution in [0.25, 0.3) is 0 Å². The van der Waals surface area contributed by atoms with Crippen molar-refractivity contribution in [3.63, 3.8) is 0 Å². The van der Waals surface area contributed by atoms with Gasteiger partial charge in [0.05, 0.1) is 12.2 Å². The van der Waals surface area contributed by atoms with Gasteiger partial charge in [0, 0.05) is 6.04 Å². The van der Waals surface area contributed by atoms with Crippen molar-refractivity contribution < 1.29 is 9.53 Å². The number of amides is 1. The van der Waals surface area contributed by atoms with E-state index < -0.39 is 6.10 Å². The zero-order chi connectivity index (χ0) is 11.7. The van der Waals surface area contributed by atoms with Crippen molar-refractivity contribution in [2.24, 2.45) is 0 Å². The van der Waals surface area contributed by atoms with E-state index in [1.807, 2.05) is 24.3 Å². The van der Waals surface area contributed by atoms with Crippen molar-refractivity contribution in [1.82, 2.24) is 5.32 Å². The summed E-state index contributed by atoms with van der Waals surface area (Å²) in [4.78, 5) is 11.9. The van der Waals surface area contributed by atoms with Crippen LogP contribution in [0.15, 0.2) is 24.3 Å². The number of hydrogen-bond acceptors (Lipinski definition) is 3. The van der Waals surface area contributed by atoms with E-state index in [9.17, 15) is 4.79 Å². The lowest BCUT2D eigenvalue weighted by atomic mass is 9.93. The minimum absolute atomic E-state index is 0.00305. The molecule has 3 rings (SSSR count). The monoisotopic (exact) mass is 232 g/mol. The predicted molar refractivity (Wildman–Crippen MR) is 65.1 cm³/mol. The molecule has 4 nitrogen and oxygen atoms in total. The van der Waals surface area contributed by atoms with Crippen LogP contribution < -0.4 is 15.4 Å². The van der Waals surface area contributed by atoms with Crippen LogP contribution in [0.1, 0.15) is 19.3 Å². The van der Waals surface area contributed by atoms with Crippen LogP contribution in [0.3, 0.4) is 0 Å². The number of nitrogens with one attached hydrogen (secondary N) is 2. The molecule has 1 aliphatic heterocycles. The van der Waals surface area contributed by atoms with E-state index in [4.69, 9.17) is 4.74 Å². The molecular formula is C13H16N2O2. The number of fused-ring (bicyclic) bond motifs is 1. The maximum atomic E-state index is 11.9. The Morgan fingerprint density at radius 3 is 2.94 bits per heavy atom. The van der Waals surface area contributed by atoms with Crippen molar-refractivity contribution in [2.75, 3.05) is 11.9 Å². The van der Waals surface area contributed by atoms with Crippen molar-refractivity contribution in [1.29, 1.82) is 0 Å². The van der Waals surface area contributed by atoms with E-state index in [2.05, 4.69) is 10.6 Å². The van der Waals surface area contributed by atoms with Gasteiger partial charge in [-0.1, -0.05) is 12.1 Å². The van der Waals surface area contributed by atoms with Crippen LogP contribution in [0.5, 0.6) is 5.75 Å². The molecule has 2 N–H and O–H groups in total. The van der Waals surface area contributed by atoms with E-state index in [1.165, 1.54) is 6.42 Å². The molecule has 90 valence electrons. The first-order chi connectivity index (χ1) is 8.33. The number of rotatable bonds is 2. The van der Waals surface area contributed by atoms with Crippen LogP contribution in [0.2, 0.25) is 0 Å². The van der Waals surface area contributed by atoms with Gasteiger partial charge in [-0.15, -0.1) is 0 Å². The van der Waals surface area contributed by atoms with Crippen molar-refractivity contribution in [2.45, 2.75) is 31.4 Å². The molecule has 4 heteroatoms. The molecular weight excluding hydrogens is 216 g/mol. The average Bonchev–Trinajstić information content (AvgIpc) is 2.33. The Bertz CT molecular complexity index is 429. The molecule has 1 saturated carbocycles. The Balaban J connectivity index is 1.64. The molecule has 1 aromatic rings. The molecule has 1 aromatic carbocycles. The highest BCUT2D eigenvalue weighted by Crippen LogP contribution is 2.28. The van der Waals surface area contributed by atoms with E-state index >= 15 is 0 Å². The normalized spacial score (nSPS) is 22.7. The first-order valence-corrected chi connectivity index (χ1v) is 6.13. The van der Waals surface area contributed by atoms with Gasteiger partial charge in [0.2, 0.25) is 0 Å².